The Morgan fingerprint density at radius 1 is 1.20 bits per heavy atom. The van der Waals surface area contributed by atoms with E-state index in [1.807, 2.05) is 49.2 Å². The molecule has 3 atom stereocenters. The molecular weight excluding hydrogens is 508 g/mol. The molecule has 0 saturated carbocycles. The lowest BCUT2D eigenvalue weighted by atomic mass is 9.81. The van der Waals surface area contributed by atoms with Crippen LogP contribution in [0.15, 0.2) is 54.7 Å². The zero-order chi connectivity index (χ0) is 28.6. The number of alkyl carbamates (subject to hydrolysis) is 1. The van der Waals surface area contributed by atoms with Crippen molar-refractivity contribution in [2.45, 2.75) is 64.3 Å². The van der Waals surface area contributed by atoms with Crippen LogP contribution in [0.1, 0.15) is 63.5 Å². The fourth-order valence-electron chi connectivity index (χ4n) is 5.66. The van der Waals surface area contributed by atoms with Gasteiger partial charge in [-0.3, -0.25) is 4.90 Å². The highest BCUT2D eigenvalue weighted by atomic mass is 16.5. The number of aliphatic hydroxyl groups excluding tert-OH is 1. The van der Waals surface area contributed by atoms with E-state index in [0.29, 0.717) is 6.54 Å². The van der Waals surface area contributed by atoms with Gasteiger partial charge in [0.05, 0.1) is 31.1 Å². The van der Waals surface area contributed by atoms with Crippen molar-refractivity contribution in [2.75, 3.05) is 13.7 Å². The average Bonchev–Trinajstić information content (AvgIpc) is 3.61. The molecular formula is C31H38N4O5. The molecule has 1 aromatic heterocycles. The van der Waals surface area contributed by atoms with Gasteiger partial charge in [0.15, 0.2) is 0 Å². The topological polar surface area (TPSA) is 120 Å². The number of hydrogen-bond acceptors (Lipinski definition) is 7. The summed E-state index contributed by atoms with van der Waals surface area (Å²) in [5.74, 6) is 2.54. The van der Waals surface area contributed by atoms with Gasteiger partial charge in [0.2, 0.25) is 0 Å². The predicted molar refractivity (Wildman–Crippen MR) is 153 cm³/mol. The molecule has 9 nitrogen and oxygen atoms in total. The van der Waals surface area contributed by atoms with Gasteiger partial charge in [-0.2, -0.15) is 0 Å². The quantitative estimate of drug-likeness (QED) is 0.316. The van der Waals surface area contributed by atoms with Gasteiger partial charge in [0.1, 0.15) is 29.3 Å². The minimum atomic E-state index is -0.874. The molecule has 40 heavy (non-hydrogen) atoms. The normalized spacial score (nSPS) is 19.9. The highest BCUT2D eigenvalue weighted by molar-refractivity contribution is 5.71. The standard InChI is InChI=1S/C31H38N4O5/c1-18(2)27(34-30(38)39-5)29(37)35-14-6-7-24(35)28-32-17-23(33-28)19-8-10-20(11-9-19)26-16-31(3,4)22-15-21(36)12-13-25(22)40-26/h8-13,15-18,24,27,29,36-37H,6-7,14H2,1-5H3,(H,32,33)(H,34,38)/t24-,27-,29?/m0/s1. The molecule has 0 spiro atoms. The molecule has 1 amide bonds. The SMILES string of the molecule is COC(=O)N[C@@H](C(C)C)C(O)N1CCC[C@H]1c1ncc(-c2ccc(C3=CC(C)(C)c4cc(O)ccc4O3)cc2)[nH]1. The van der Waals surface area contributed by atoms with E-state index in [0.717, 1.165) is 52.6 Å². The van der Waals surface area contributed by atoms with Crippen LogP contribution in [-0.4, -0.2) is 57.1 Å². The lowest BCUT2D eigenvalue weighted by Crippen LogP contribution is -2.54. The maximum Gasteiger partial charge on any atom is 0.407 e. The summed E-state index contributed by atoms with van der Waals surface area (Å²) in [6.45, 7) is 8.83. The summed E-state index contributed by atoms with van der Waals surface area (Å²) >= 11 is 0. The number of nitrogens with zero attached hydrogens (tertiary/aromatic N) is 2. The molecule has 9 heteroatoms. The second kappa shape index (κ2) is 11.0. The van der Waals surface area contributed by atoms with E-state index in [1.165, 1.54) is 7.11 Å². The molecule has 212 valence electrons. The number of allylic oxidation sites excluding steroid dienone is 1. The summed E-state index contributed by atoms with van der Waals surface area (Å²) in [5.41, 5.74) is 3.48. The Kier molecular flexibility index (Phi) is 7.61. The van der Waals surface area contributed by atoms with Gasteiger partial charge in [0, 0.05) is 23.1 Å². The summed E-state index contributed by atoms with van der Waals surface area (Å²) in [4.78, 5) is 22.0. The van der Waals surface area contributed by atoms with Gasteiger partial charge >= 0.3 is 6.09 Å². The Bertz CT molecular complexity index is 1390. The second-order valence-electron chi connectivity index (χ2n) is 11.5. The second-order valence-corrected chi connectivity index (χ2v) is 11.5. The number of carbonyl (C=O) groups excluding carboxylic acids is 1. The number of phenolic OH excluding ortho intramolecular Hbond substituents is 1. The molecule has 0 aliphatic carbocycles. The number of aromatic amines is 1. The fourth-order valence-corrected chi connectivity index (χ4v) is 5.66. The number of ether oxygens (including phenoxy) is 2. The summed E-state index contributed by atoms with van der Waals surface area (Å²) < 4.78 is 11.0. The number of amides is 1. The maximum absolute atomic E-state index is 11.9. The Morgan fingerprint density at radius 2 is 1.93 bits per heavy atom. The third-order valence-corrected chi connectivity index (χ3v) is 7.90. The van der Waals surface area contributed by atoms with E-state index in [1.54, 1.807) is 18.2 Å². The first-order valence-corrected chi connectivity index (χ1v) is 13.8. The van der Waals surface area contributed by atoms with Crippen LogP contribution in [0.4, 0.5) is 4.79 Å². The van der Waals surface area contributed by atoms with Crippen LogP contribution in [0, 0.1) is 5.92 Å². The lowest BCUT2D eigenvalue weighted by molar-refractivity contribution is -0.0440. The van der Waals surface area contributed by atoms with Crippen LogP contribution in [0.3, 0.4) is 0 Å². The summed E-state index contributed by atoms with van der Waals surface area (Å²) in [6.07, 6.45) is 4.25. The highest BCUT2D eigenvalue weighted by Gasteiger charge is 2.38. The minimum absolute atomic E-state index is 0.00971. The van der Waals surface area contributed by atoms with Crippen molar-refractivity contribution in [1.82, 2.24) is 20.2 Å². The van der Waals surface area contributed by atoms with Crippen molar-refractivity contribution in [3.05, 3.63) is 71.7 Å². The average molecular weight is 547 g/mol. The van der Waals surface area contributed by atoms with Crippen molar-refractivity contribution in [3.8, 4) is 22.8 Å². The van der Waals surface area contributed by atoms with Gasteiger partial charge < -0.3 is 30.0 Å². The molecule has 0 bridgehead atoms. The van der Waals surface area contributed by atoms with Gasteiger partial charge in [0.25, 0.3) is 0 Å². The van der Waals surface area contributed by atoms with Gasteiger partial charge in [-0.1, -0.05) is 52.0 Å². The minimum Gasteiger partial charge on any atom is -0.508 e. The number of rotatable bonds is 7. The van der Waals surface area contributed by atoms with Crippen molar-refractivity contribution in [1.29, 1.82) is 0 Å². The van der Waals surface area contributed by atoms with E-state index in [4.69, 9.17) is 9.47 Å². The molecule has 1 saturated heterocycles. The van der Waals surface area contributed by atoms with E-state index >= 15 is 0 Å². The van der Waals surface area contributed by atoms with Crippen molar-refractivity contribution >= 4 is 11.9 Å². The predicted octanol–water partition coefficient (Wildman–Crippen LogP) is 5.33. The van der Waals surface area contributed by atoms with E-state index < -0.39 is 18.4 Å². The lowest BCUT2D eigenvalue weighted by Gasteiger charge is -2.35. The zero-order valence-corrected chi connectivity index (χ0v) is 23.6. The molecule has 2 aliphatic heterocycles. The molecule has 3 heterocycles. The monoisotopic (exact) mass is 546 g/mol. The first-order valence-electron chi connectivity index (χ1n) is 13.8. The van der Waals surface area contributed by atoms with Gasteiger partial charge in [-0.25, -0.2) is 9.78 Å². The van der Waals surface area contributed by atoms with Crippen molar-refractivity contribution < 1.29 is 24.5 Å². The van der Waals surface area contributed by atoms with Gasteiger partial charge in [-0.15, -0.1) is 0 Å². The van der Waals surface area contributed by atoms with Crippen LogP contribution < -0.4 is 10.1 Å². The largest absolute Gasteiger partial charge is 0.508 e. The Balaban J connectivity index is 1.33. The van der Waals surface area contributed by atoms with E-state index in [2.05, 4.69) is 35.2 Å². The van der Waals surface area contributed by atoms with Crippen LogP contribution in [0.5, 0.6) is 11.5 Å². The molecule has 4 N–H and O–H groups in total. The summed E-state index contributed by atoms with van der Waals surface area (Å²) in [5, 5.41) is 23.9. The number of aromatic nitrogens is 2. The first kappa shape index (κ1) is 27.7. The number of phenols is 1. The number of hydrogen-bond donors (Lipinski definition) is 4. The summed E-state index contributed by atoms with van der Waals surface area (Å²) in [7, 11) is 1.32. The van der Waals surface area contributed by atoms with Crippen LogP contribution in [0.25, 0.3) is 17.0 Å². The first-order chi connectivity index (χ1) is 19.1. The highest BCUT2D eigenvalue weighted by Crippen LogP contribution is 2.43. The number of H-pyrrole nitrogens is 1. The van der Waals surface area contributed by atoms with Gasteiger partial charge in [-0.05, 0) is 48.6 Å². The van der Waals surface area contributed by atoms with Crippen molar-refractivity contribution in [2.24, 2.45) is 5.92 Å². The zero-order valence-electron chi connectivity index (χ0n) is 23.6. The summed E-state index contributed by atoms with van der Waals surface area (Å²) in [6, 6.07) is 12.8. The number of likely N-dealkylation sites (tertiary alicyclic amines) is 1. The Labute approximate surface area is 234 Å². The number of methoxy groups -OCH3 is 1. The number of benzene rings is 2. The Morgan fingerprint density at radius 3 is 2.62 bits per heavy atom. The van der Waals surface area contributed by atoms with Crippen LogP contribution in [0.2, 0.25) is 0 Å². The molecule has 0 radical (unpaired) electrons. The third-order valence-electron chi connectivity index (χ3n) is 7.90. The molecule has 2 aliphatic rings. The maximum atomic E-state index is 11.9. The number of carbonyl (C=O) groups is 1. The van der Waals surface area contributed by atoms with E-state index in [-0.39, 0.29) is 23.1 Å². The third kappa shape index (κ3) is 5.44. The number of aromatic hydroxyl groups is 1. The molecule has 5 rings (SSSR count). The molecule has 1 fully saturated rings. The number of aliphatic hydroxyl groups is 1. The number of nitrogens with one attached hydrogen (secondary N) is 2. The Hall–Kier alpha value is -3.82. The smallest absolute Gasteiger partial charge is 0.407 e. The van der Waals surface area contributed by atoms with E-state index in [9.17, 15) is 15.0 Å². The van der Waals surface area contributed by atoms with Crippen LogP contribution in [-0.2, 0) is 10.2 Å². The number of fused-ring (bicyclic) bond motifs is 1. The molecule has 3 aromatic rings. The number of imidazole rings is 1. The van der Waals surface area contributed by atoms with Crippen molar-refractivity contribution in [3.63, 3.8) is 0 Å². The molecule has 2 aromatic carbocycles. The molecule has 1 unspecified atom stereocenters. The van der Waals surface area contributed by atoms with Crippen LogP contribution >= 0.6 is 0 Å². The fraction of sp³-hybridized carbons (Fsp3) is 0.419.